The quantitative estimate of drug-likeness (QED) is 0.121. The number of carbonyl (C=O) groups excluding carboxylic acids is 3. The van der Waals surface area contributed by atoms with Crippen molar-refractivity contribution in [3.05, 3.63) is 93.3 Å². The van der Waals surface area contributed by atoms with E-state index in [9.17, 15) is 14.4 Å². The summed E-state index contributed by atoms with van der Waals surface area (Å²) in [4.78, 5) is 36.8. The molecule has 34 heavy (non-hydrogen) atoms. The molecule has 2 amide bonds. The summed E-state index contributed by atoms with van der Waals surface area (Å²) in [6.07, 6.45) is 1.32. The summed E-state index contributed by atoms with van der Waals surface area (Å²) >= 11 is 13.4. The number of esters is 1. The Morgan fingerprint density at radius 2 is 1.68 bits per heavy atom. The molecule has 2 N–H and O–H groups in total. The van der Waals surface area contributed by atoms with Crippen LogP contribution < -0.4 is 15.5 Å². The molecule has 4 rings (SSSR count). The first-order valence-corrected chi connectivity index (χ1v) is 11.4. The summed E-state index contributed by atoms with van der Waals surface area (Å²) in [5, 5.41) is 7.85. The van der Waals surface area contributed by atoms with Crippen LogP contribution in [0.25, 0.3) is 10.1 Å². The molecule has 0 aliphatic rings. The number of benzene rings is 3. The Labute approximate surface area is 207 Å². The largest absolute Gasteiger partial charge is 0.422 e. The fourth-order valence-corrected chi connectivity index (χ4v) is 4.41. The summed E-state index contributed by atoms with van der Waals surface area (Å²) in [7, 11) is 0. The van der Waals surface area contributed by atoms with Gasteiger partial charge in [0.05, 0.1) is 11.2 Å². The fourth-order valence-electron chi connectivity index (χ4n) is 2.89. The zero-order valence-electron chi connectivity index (χ0n) is 17.2. The monoisotopic (exact) mass is 511 g/mol. The van der Waals surface area contributed by atoms with E-state index in [4.69, 9.17) is 27.9 Å². The van der Waals surface area contributed by atoms with Gasteiger partial charge < -0.3 is 10.1 Å². The number of ether oxygens (including phenoxy) is 1. The predicted octanol–water partition coefficient (Wildman–Crippen LogP) is 5.52. The van der Waals surface area contributed by atoms with Crippen LogP contribution in [0.4, 0.5) is 5.69 Å². The highest BCUT2D eigenvalue weighted by Crippen LogP contribution is 2.35. The summed E-state index contributed by atoms with van der Waals surface area (Å²) in [6.45, 7) is 0. The van der Waals surface area contributed by atoms with Gasteiger partial charge >= 0.3 is 17.8 Å². The van der Waals surface area contributed by atoms with Gasteiger partial charge in [-0.2, -0.15) is 5.10 Å². The average molecular weight is 512 g/mol. The van der Waals surface area contributed by atoms with Crippen LogP contribution in [0.2, 0.25) is 10.0 Å². The zero-order chi connectivity index (χ0) is 24.1. The minimum Gasteiger partial charge on any atom is -0.422 e. The second-order valence-corrected chi connectivity index (χ2v) is 8.73. The van der Waals surface area contributed by atoms with Crippen molar-refractivity contribution in [3.63, 3.8) is 0 Å². The smallest absolute Gasteiger partial charge is 0.355 e. The molecule has 7 nitrogen and oxygen atoms in total. The van der Waals surface area contributed by atoms with E-state index in [0.717, 1.165) is 10.1 Å². The van der Waals surface area contributed by atoms with E-state index in [1.54, 1.807) is 48.5 Å². The number of hydrogen-bond acceptors (Lipinski definition) is 6. The Morgan fingerprint density at radius 1 is 0.912 bits per heavy atom. The first kappa shape index (κ1) is 23.4. The molecular formula is C24H15Cl2N3O4S. The van der Waals surface area contributed by atoms with Crippen molar-refractivity contribution < 1.29 is 19.1 Å². The van der Waals surface area contributed by atoms with E-state index in [-0.39, 0.29) is 5.75 Å². The SMILES string of the molecule is O=C(N/N=C\c1cccc(OC(=O)c2sc3ccccc3c2Cl)c1)C(=O)Nc1ccc(Cl)cc1. The standard InChI is InChI=1S/C24H15Cl2N3O4S/c25-15-8-10-16(11-9-15)28-22(30)23(31)29-27-13-14-4-3-5-17(12-14)33-24(32)21-20(26)18-6-1-2-7-19(18)34-21/h1-13H,(H,28,30)(H,29,31)/b27-13-. The number of nitrogens with one attached hydrogen (secondary N) is 2. The summed E-state index contributed by atoms with van der Waals surface area (Å²) in [5.74, 6) is -2.14. The molecule has 1 aromatic heterocycles. The molecule has 0 aliphatic carbocycles. The van der Waals surface area contributed by atoms with Crippen LogP contribution in [-0.4, -0.2) is 24.0 Å². The molecule has 0 saturated heterocycles. The maximum Gasteiger partial charge on any atom is 0.355 e. The van der Waals surface area contributed by atoms with Gasteiger partial charge in [0.2, 0.25) is 0 Å². The molecule has 0 atom stereocenters. The zero-order valence-corrected chi connectivity index (χ0v) is 19.6. The predicted molar refractivity (Wildman–Crippen MR) is 134 cm³/mol. The molecule has 0 spiro atoms. The lowest BCUT2D eigenvalue weighted by molar-refractivity contribution is -0.136. The molecular weight excluding hydrogens is 497 g/mol. The van der Waals surface area contributed by atoms with Gasteiger partial charge in [0.25, 0.3) is 0 Å². The summed E-state index contributed by atoms with van der Waals surface area (Å²) in [6, 6.07) is 20.2. The Balaban J connectivity index is 1.36. The van der Waals surface area contributed by atoms with Crippen molar-refractivity contribution in [1.29, 1.82) is 0 Å². The van der Waals surface area contributed by atoms with E-state index < -0.39 is 17.8 Å². The number of halogens is 2. The van der Waals surface area contributed by atoms with E-state index in [1.165, 1.54) is 17.6 Å². The Bertz CT molecular complexity index is 1420. The maximum atomic E-state index is 12.6. The lowest BCUT2D eigenvalue weighted by atomic mass is 10.2. The number of hydrogen-bond donors (Lipinski definition) is 2. The van der Waals surface area contributed by atoms with Crippen molar-refractivity contribution in [3.8, 4) is 5.75 Å². The van der Waals surface area contributed by atoms with Gasteiger partial charge in [-0.1, -0.05) is 53.5 Å². The van der Waals surface area contributed by atoms with Crippen molar-refractivity contribution in [2.75, 3.05) is 5.32 Å². The number of fused-ring (bicyclic) bond motifs is 1. The van der Waals surface area contributed by atoms with Gasteiger partial charge in [0.1, 0.15) is 10.6 Å². The molecule has 0 unspecified atom stereocenters. The second-order valence-electron chi connectivity index (χ2n) is 6.86. The van der Waals surface area contributed by atoms with Gasteiger partial charge in [-0.25, -0.2) is 10.2 Å². The third-order valence-electron chi connectivity index (χ3n) is 4.48. The van der Waals surface area contributed by atoms with Crippen LogP contribution in [-0.2, 0) is 9.59 Å². The third kappa shape index (κ3) is 5.60. The van der Waals surface area contributed by atoms with Gasteiger partial charge in [0.15, 0.2) is 0 Å². The highest BCUT2D eigenvalue weighted by Gasteiger charge is 2.19. The lowest BCUT2D eigenvalue weighted by Gasteiger charge is -2.05. The van der Waals surface area contributed by atoms with E-state index in [2.05, 4.69) is 15.8 Å². The van der Waals surface area contributed by atoms with Crippen LogP contribution in [0.3, 0.4) is 0 Å². The topological polar surface area (TPSA) is 96.9 Å². The van der Waals surface area contributed by atoms with Gasteiger partial charge in [-0.3, -0.25) is 9.59 Å². The number of amides is 2. The van der Waals surface area contributed by atoms with Crippen LogP contribution >= 0.6 is 34.5 Å². The number of rotatable bonds is 5. The third-order valence-corrected chi connectivity index (χ3v) is 6.38. The average Bonchev–Trinajstić information content (AvgIpc) is 3.17. The molecule has 0 fully saturated rings. The number of carbonyl (C=O) groups is 3. The molecule has 0 aliphatic heterocycles. The first-order chi connectivity index (χ1) is 16.4. The van der Waals surface area contributed by atoms with Crippen molar-refractivity contribution in [2.24, 2.45) is 5.10 Å². The van der Waals surface area contributed by atoms with Crippen molar-refractivity contribution >= 4 is 74.3 Å². The van der Waals surface area contributed by atoms with Crippen molar-refractivity contribution in [1.82, 2.24) is 5.43 Å². The number of anilines is 1. The molecule has 0 bridgehead atoms. The van der Waals surface area contributed by atoms with E-state index >= 15 is 0 Å². The van der Waals surface area contributed by atoms with Gasteiger partial charge in [-0.05, 0) is 48.0 Å². The Hall–Kier alpha value is -3.72. The van der Waals surface area contributed by atoms with Gasteiger partial charge in [-0.15, -0.1) is 11.3 Å². The van der Waals surface area contributed by atoms with Crippen LogP contribution in [0.5, 0.6) is 5.75 Å². The molecule has 0 radical (unpaired) electrons. The van der Waals surface area contributed by atoms with Gasteiger partial charge in [0, 0.05) is 20.8 Å². The maximum absolute atomic E-state index is 12.6. The number of nitrogens with zero attached hydrogens (tertiary/aromatic N) is 1. The molecule has 3 aromatic carbocycles. The van der Waals surface area contributed by atoms with Crippen molar-refractivity contribution in [2.45, 2.75) is 0 Å². The fraction of sp³-hybridized carbons (Fsp3) is 0. The number of hydrazone groups is 1. The normalized spacial score (nSPS) is 10.9. The minimum atomic E-state index is -0.951. The lowest BCUT2D eigenvalue weighted by Crippen LogP contribution is -2.32. The second kappa shape index (κ2) is 10.5. The highest BCUT2D eigenvalue weighted by atomic mass is 35.5. The molecule has 10 heteroatoms. The first-order valence-electron chi connectivity index (χ1n) is 9.80. The molecule has 4 aromatic rings. The van der Waals surface area contributed by atoms with Crippen LogP contribution in [0.15, 0.2) is 77.9 Å². The van der Waals surface area contributed by atoms with E-state index in [1.807, 2.05) is 24.3 Å². The molecule has 170 valence electrons. The van der Waals surface area contributed by atoms with Crippen LogP contribution in [0.1, 0.15) is 15.2 Å². The Kier molecular flexibility index (Phi) is 7.22. The minimum absolute atomic E-state index is 0.272. The summed E-state index contributed by atoms with van der Waals surface area (Å²) < 4.78 is 6.34. The Morgan fingerprint density at radius 3 is 2.44 bits per heavy atom. The number of thiophene rings is 1. The van der Waals surface area contributed by atoms with Crippen LogP contribution in [0, 0.1) is 0 Å². The molecule has 1 heterocycles. The summed E-state index contributed by atoms with van der Waals surface area (Å²) in [5.41, 5.74) is 3.09. The van der Waals surface area contributed by atoms with E-state index in [0.29, 0.717) is 26.2 Å². The molecule has 0 saturated carbocycles. The highest BCUT2D eigenvalue weighted by molar-refractivity contribution is 7.21.